The van der Waals surface area contributed by atoms with Crippen molar-refractivity contribution in [2.24, 2.45) is 0 Å². The Hall–Kier alpha value is -2.75. The molecule has 2 heterocycles. The molecule has 1 aliphatic heterocycles. The van der Waals surface area contributed by atoms with Crippen molar-refractivity contribution in [2.75, 3.05) is 25.0 Å². The molecular weight excluding hydrogens is 458 g/mol. The zero-order valence-corrected chi connectivity index (χ0v) is 20.3. The first-order chi connectivity index (χ1) is 15.8. The fraction of sp³-hybridized carbons (Fsp3) is 0.333. The van der Waals surface area contributed by atoms with Crippen molar-refractivity contribution in [3.05, 3.63) is 58.4 Å². The van der Waals surface area contributed by atoms with Crippen molar-refractivity contribution < 1.29 is 17.9 Å². The molecule has 0 unspecified atom stereocenters. The van der Waals surface area contributed by atoms with Gasteiger partial charge in [0.15, 0.2) is 6.61 Å². The summed E-state index contributed by atoms with van der Waals surface area (Å²) in [5, 5.41) is 5.80. The molecule has 1 aromatic heterocycles. The van der Waals surface area contributed by atoms with Crippen LogP contribution in [0.15, 0.2) is 52.7 Å². The second kappa shape index (κ2) is 10.0. The Kier molecular flexibility index (Phi) is 7.11. The number of sulfonamides is 1. The number of rotatable bonds is 7. The van der Waals surface area contributed by atoms with Gasteiger partial charge < -0.3 is 10.1 Å². The summed E-state index contributed by atoms with van der Waals surface area (Å²) in [6, 6.07) is 12.3. The molecule has 0 saturated carbocycles. The molecule has 1 amide bonds. The third-order valence-electron chi connectivity index (χ3n) is 5.52. The Bertz CT molecular complexity index is 1250. The van der Waals surface area contributed by atoms with Gasteiger partial charge in [0.2, 0.25) is 10.0 Å². The summed E-state index contributed by atoms with van der Waals surface area (Å²) in [6.45, 7) is 4.67. The van der Waals surface area contributed by atoms with E-state index in [0.717, 1.165) is 35.5 Å². The number of aromatic nitrogens is 1. The van der Waals surface area contributed by atoms with Crippen LogP contribution >= 0.6 is 11.3 Å². The molecule has 174 valence electrons. The lowest BCUT2D eigenvalue weighted by atomic mass is 10.1. The number of nitrogens with one attached hydrogen (secondary N) is 1. The minimum Gasteiger partial charge on any atom is -0.483 e. The maximum absolute atomic E-state index is 12.9. The molecule has 1 aliphatic rings. The number of piperidine rings is 1. The van der Waals surface area contributed by atoms with Gasteiger partial charge >= 0.3 is 0 Å². The predicted molar refractivity (Wildman–Crippen MR) is 130 cm³/mol. The number of benzene rings is 2. The first kappa shape index (κ1) is 23.4. The van der Waals surface area contributed by atoms with E-state index in [1.165, 1.54) is 0 Å². The summed E-state index contributed by atoms with van der Waals surface area (Å²) in [6.07, 6.45) is 2.84. The topological polar surface area (TPSA) is 88.6 Å². The molecule has 0 radical (unpaired) electrons. The Morgan fingerprint density at radius 3 is 2.61 bits per heavy atom. The number of nitrogens with zero attached hydrogens (tertiary/aromatic N) is 2. The van der Waals surface area contributed by atoms with Gasteiger partial charge in [-0.2, -0.15) is 4.31 Å². The van der Waals surface area contributed by atoms with Crippen molar-refractivity contribution in [2.45, 2.75) is 38.0 Å². The summed E-state index contributed by atoms with van der Waals surface area (Å²) in [5.74, 6) is 0.181. The van der Waals surface area contributed by atoms with Crippen molar-refractivity contribution >= 4 is 33.0 Å². The lowest BCUT2D eigenvalue weighted by Gasteiger charge is -2.26. The lowest BCUT2D eigenvalue weighted by Crippen LogP contribution is -2.35. The van der Waals surface area contributed by atoms with Gasteiger partial charge in [0.25, 0.3) is 5.91 Å². The second-order valence-electron chi connectivity index (χ2n) is 8.06. The summed E-state index contributed by atoms with van der Waals surface area (Å²) in [5.41, 5.74) is 3.13. The third-order valence-corrected chi connectivity index (χ3v) is 8.19. The van der Waals surface area contributed by atoms with E-state index in [0.29, 0.717) is 30.1 Å². The van der Waals surface area contributed by atoms with Crippen molar-refractivity contribution in [1.82, 2.24) is 9.29 Å². The Morgan fingerprint density at radius 1 is 1.12 bits per heavy atom. The van der Waals surface area contributed by atoms with Crippen LogP contribution in [0.1, 0.15) is 29.8 Å². The molecule has 0 atom stereocenters. The highest BCUT2D eigenvalue weighted by atomic mass is 32.2. The number of hydrogen-bond acceptors (Lipinski definition) is 6. The Labute approximate surface area is 198 Å². The predicted octanol–water partition coefficient (Wildman–Crippen LogP) is 4.62. The van der Waals surface area contributed by atoms with Crippen LogP contribution in [0.3, 0.4) is 0 Å². The maximum Gasteiger partial charge on any atom is 0.262 e. The number of hydrogen-bond donors (Lipinski definition) is 1. The third kappa shape index (κ3) is 5.61. The first-order valence-corrected chi connectivity index (χ1v) is 13.2. The van der Waals surface area contributed by atoms with Crippen molar-refractivity contribution in [3.8, 4) is 17.0 Å². The molecule has 33 heavy (non-hydrogen) atoms. The Balaban J connectivity index is 1.38. The van der Waals surface area contributed by atoms with Gasteiger partial charge in [0.05, 0.1) is 15.6 Å². The van der Waals surface area contributed by atoms with Crippen LogP contribution < -0.4 is 10.1 Å². The van der Waals surface area contributed by atoms with Crippen LogP contribution in [-0.4, -0.2) is 43.3 Å². The molecule has 7 nitrogen and oxygen atoms in total. The number of anilines is 1. The number of ether oxygens (including phenoxy) is 1. The van der Waals surface area contributed by atoms with Gasteiger partial charge in [-0.25, -0.2) is 13.4 Å². The van der Waals surface area contributed by atoms with Crippen molar-refractivity contribution in [1.29, 1.82) is 0 Å². The maximum atomic E-state index is 12.9. The van der Waals surface area contributed by atoms with Crippen LogP contribution in [0.25, 0.3) is 11.3 Å². The number of carbonyl (C=O) groups excluding carboxylic acids is 1. The Morgan fingerprint density at radius 2 is 1.91 bits per heavy atom. The van der Waals surface area contributed by atoms with E-state index in [9.17, 15) is 13.2 Å². The minimum atomic E-state index is -3.50. The normalized spacial score (nSPS) is 14.7. The zero-order valence-electron chi connectivity index (χ0n) is 18.7. The average Bonchev–Trinajstić information content (AvgIpc) is 3.25. The highest BCUT2D eigenvalue weighted by molar-refractivity contribution is 7.89. The molecule has 1 N–H and O–H groups in total. The van der Waals surface area contributed by atoms with Gasteiger partial charge in [-0.1, -0.05) is 18.6 Å². The summed E-state index contributed by atoms with van der Waals surface area (Å²) in [7, 11) is -3.50. The minimum absolute atomic E-state index is 0.181. The monoisotopic (exact) mass is 485 g/mol. The van der Waals surface area contributed by atoms with Crippen LogP contribution in [0.4, 0.5) is 5.69 Å². The summed E-state index contributed by atoms with van der Waals surface area (Å²) >= 11 is 1.58. The molecule has 1 fully saturated rings. The number of aryl methyl sites for hydroxylation is 2. The zero-order chi connectivity index (χ0) is 23.4. The van der Waals surface area contributed by atoms with Gasteiger partial charge in [-0.05, 0) is 62.6 Å². The molecule has 9 heteroatoms. The number of amides is 1. The largest absolute Gasteiger partial charge is 0.483 e. The molecule has 2 aromatic carbocycles. The lowest BCUT2D eigenvalue weighted by molar-refractivity contribution is -0.118. The molecule has 4 rings (SSSR count). The molecular formula is C24H27N3O4S2. The highest BCUT2D eigenvalue weighted by Crippen LogP contribution is 2.27. The van der Waals surface area contributed by atoms with E-state index in [-0.39, 0.29) is 17.4 Å². The molecule has 0 aliphatic carbocycles. The van der Waals surface area contributed by atoms with E-state index < -0.39 is 10.0 Å². The van der Waals surface area contributed by atoms with E-state index in [4.69, 9.17) is 4.74 Å². The summed E-state index contributed by atoms with van der Waals surface area (Å²) < 4.78 is 33.0. The van der Waals surface area contributed by atoms with Crippen LogP contribution in [0.5, 0.6) is 5.75 Å². The average molecular weight is 486 g/mol. The molecule has 0 bridgehead atoms. The first-order valence-electron chi connectivity index (χ1n) is 10.9. The highest BCUT2D eigenvalue weighted by Gasteiger charge is 2.26. The van der Waals surface area contributed by atoms with E-state index in [1.807, 2.05) is 36.6 Å². The number of thiazole rings is 1. The smallest absolute Gasteiger partial charge is 0.262 e. The SMILES string of the molecule is Cc1nc(-c2cccc(NC(=O)COc3ccc(S(=O)(=O)N4CCCCC4)cc3C)c2)cs1. The quantitative estimate of drug-likeness (QED) is 0.528. The standard InChI is InChI=1S/C24H27N3O4S2/c1-17-13-21(33(29,30)27-11-4-3-5-12-27)9-10-23(17)31-15-24(28)26-20-8-6-7-19(14-20)22-16-32-18(2)25-22/h6-10,13-14,16H,3-5,11-12,15H2,1-2H3,(H,26,28). The molecule has 1 saturated heterocycles. The van der Waals surface area contributed by atoms with Gasteiger partial charge in [-0.15, -0.1) is 11.3 Å². The van der Waals surface area contributed by atoms with Gasteiger partial charge in [-0.3, -0.25) is 4.79 Å². The van der Waals surface area contributed by atoms with Crippen LogP contribution in [-0.2, 0) is 14.8 Å². The van der Waals surface area contributed by atoms with Crippen LogP contribution in [0.2, 0.25) is 0 Å². The van der Waals surface area contributed by atoms with E-state index in [1.54, 1.807) is 40.8 Å². The molecule has 0 spiro atoms. The fourth-order valence-corrected chi connectivity index (χ4v) is 6.02. The van der Waals surface area contributed by atoms with E-state index in [2.05, 4.69) is 10.3 Å². The second-order valence-corrected chi connectivity index (χ2v) is 11.1. The summed E-state index contributed by atoms with van der Waals surface area (Å²) in [4.78, 5) is 17.2. The number of carbonyl (C=O) groups is 1. The van der Waals surface area contributed by atoms with Gasteiger partial charge in [0.1, 0.15) is 5.75 Å². The van der Waals surface area contributed by atoms with E-state index >= 15 is 0 Å². The molecule has 3 aromatic rings. The van der Waals surface area contributed by atoms with Crippen molar-refractivity contribution in [3.63, 3.8) is 0 Å². The van der Waals surface area contributed by atoms with Gasteiger partial charge in [0, 0.05) is 29.7 Å². The fourth-order valence-electron chi connectivity index (χ4n) is 3.79. The van der Waals surface area contributed by atoms with Crippen LogP contribution in [0, 0.1) is 13.8 Å².